The third-order valence-corrected chi connectivity index (χ3v) is 6.69. The highest BCUT2D eigenvalue weighted by molar-refractivity contribution is 7.89. The van der Waals surface area contributed by atoms with Crippen LogP contribution in [0.4, 0.5) is 0 Å². The zero-order chi connectivity index (χ0) is 16.7. The molecule has 0 saturated carbocycles. The largest absolute Gasteiger partial charge is 0.358 e. The molecule has 124 valence electrons. The minimum absolute atomic E-state index is 0.133. The van der Waals surface area contributed by atoms with E-state index in [9.17, 15) is 8.42 Å². The van der Waals surface area contributed by atoms with Crippen molar-refractivity contribution in [3.63, 3.8) is 0 Å². The molecule has 1 aromatic heterocycles. The zero-order valence-electron chi connectivity index (χ0n) is 13.6. The summed E-state index contributed by atoms with van der Waals surface area (Å²) in [5.41, 5.74) is 3.56. The first-order chi connectivity index (χ1) is 11.6. The first-order valence-corrected chi connectivity index (χ1v) is 9.66. The lowest BCUT2D eigenvalue weighted by Gasteiger charge is -2.22. The van der Waals surface area contributed by atoms with Gasteiger partial charge in [-0.3, -0.25) is 0 Å². The Hall–Kier alpha value is -2.11. The highest BCUT2D eigenvalue weighted by atomic mass is 32.2. The number of sulfonamides is 1. The number of aromatic nitrogens is 1. The van der Waals surface area contributed by atoms with Crippen LogP contribution in [0.2, 0.25) is 0 Å². The lowest BCUT2D eigenvalue weighted by atomic mass is 10.0. The fourth-order valence-corrected chi connectivity index (χ4v) is 5.15. The second-order valence-corrected chi connectivity index (χ2v) is 8.33. The van der Waals surface area contributed by atoms with Gasteiger partial charge in [-0.2, -0.15) is 4.31 Å². The molecule has 24 heavy (non-hydrogen) atoms. The van der Waals surface area contributed by atoms with Gasteiger partial charge in [0.2, 0.25) is 10.0 Å². The smallest absolute Gasteiger partial charge is 0.243 e. The molecule has 0 bridgehead atoms. The van der Waals surface area contributed by atoms with Crippen molar-refractivity contribution in [3.05, 3.63) is 65.9 Å². The number of nitrogens with one attached hydrogen (secondary N) is 1. The summed E-state index contributed by atoms with van der Waals surface area (Å²) in [5.74, 6) is 0.133. The van der Waals surface area contributed by atoms with Gasteiger partial charge in [0.25, 0.3) is 0 Å². The van der Waals surface area contributed by atoms with Crippen molar-refractivity contribution in [2.24, 2.45) is 0 Å². The number of fused-ring (bicyclic) bond motifs is 3. The average molecular weight is 340 g/mol. The van der Waals surface area contributed by atoms with Gasteiger partial charge in [0.15, 0.2) is 0 Å². The third kappa shape index (κ3) is 2.44. The maximum Gasteiger partial charge on any atom is 0.243 e. The van der Waals surface area contributed by atoms with E-state index in [0.29, 0.717) is 18.0 Å². The monoisotopic (exact) mass is 340 g/mol. The van der Waals surface area contributed by atoms with Gasteiger partial charge < -0.3 is 4.98 Å². The van der Waals surface area contributed by atoms with E-state index in [0.717, 1.165) is 11.9 Å². The van der Waals surface area contributed by atoms with E-state index in [1.54, 1.807) is 28.6 Å². The molecule has 0 spiro atoms. The predicted molar refractivity (Wildman–Crippen MR) is 95.6 cm³/mol. The molecule has 4 nitrogen and oxygen atoms in total. The number of H-pyrrole nitrogens is 1. The Labute approximate surface area is 142 Å². The molecule has 2 heterocycles. The molecule has 1 atom stereocenters. The second-order valence-electron chi connectivity index (χ2n) is 6.39. The molecule has 2 aromatic carbocycles. The fraction of sp³-hybridized carbons (Fsp3) is 0.263. The third-order valence-electron chi connectivity index (χ3n) is 4.81. The summed E-state index contributed by atoms with van der Waals surface area (Å²) in [5, 5.41) is 1.21. The Morgan fingerprint density at radius 2 is 1.75 bits per heavy atom. The van der Waals surface area contributed by atoms with Gasteiger partial charge in [0.1, 0.15) is 0 Å². The molecule has 3 aromatic rings. The normalized spacial score (nSPS) is 19.1. The molecule has 0 aliphatic carbocycles. The van der Waals surface area contributed by atoms with Crippen LogP contribution in [0.25, 0.3) is 10.9 Å². The van der Waals surface area contributed by atoms with E-state index in [4.69, 9.17) is 0 Å². The van der Waals surface area contributed by atoms with Gasteiger partial charge in [-0.25, -0.2) is 8.42 Å². The number of hydrogen-bond donors (Lipinski definition) is 1. The van der Waals surface area contributed by atoms with Crippen molar-refractivity contribution in [3.8, 4) is 0 Å². The van der Waals surface area contributed by atoms with Gasteiger partial charge in [-0.1, -0.05) is 43.3 Å². The Morgan fingerprint density at radius 3 is 2.54 bits per heavy atom. The number of rotatable bonds is 2. The number of nitrogens with zero attached hydrogens (tertiary/aromatic N) is 1. The molecule has 4 rings (SSSR count). The number of aromatic amines is 1. The maximum absolute atomic E-state index is 12.9. The van der Waals surface area contributed by atoms with Gasteiger partial charge in [0.05, 0.1) is 4.90 Å². The number of benzene rings is 2. The molecule has 0 saturated heterocycles. The molecule has 1 aliphatic rings. The number of hydrogen-bond acceptors (Lipinski definition) is 2. The van der Waals surface area contributed by atoms with E-state index in [-0.39, 0.29) is 5.92 Å². The Morgan fingerprint density at radius 1 is 1.04 bits per heavy atom. The van der Waals surface area contributed by atoms with Crippen molar-refractivity contribution in [1.82, 2.24) is 9.29 Å². The molecular formula is C19H20N2O2S. The molecule has 0 amide bonds. The standard InChI is InChI=1S/C19H20N2O2S/c1-14-13-21(24(22,23)15-7-3-2-4-8-15)12-11-17-16-9-5-6-10-18(16)20-19(14)17/h2-10,14,20H,11-13H2,1H3. The minimum Gasteiger partial charge on any atom is -0.358 e. The van der Waals surface area contributed by atoms with E-state index in [1.807, 2.05) is 18.2 Å². The van der Waals surface area contributed by atoms with Crippen molar-refractivity contribution < 1.29 is 8.42 Å². The van der Waals surface area contributed by atoms with Crippen LogP contribution in [0.5, 0.6) is 0 Å². The first kappa shape index (κ1) is 15.4. The topological polar surface area (TPSA) is 53.2 Å². The zero-order valence-corrected chi connectivity index (χ0v) is 14.4. The van der Waals surface area contributed by atoms with E-state index in [2.05, 4.69) is 24.0 Å². The number of para-hydroxylation sites is 1. The van der Waals surface area contributed by atoms with Gasteiger partial charge >= 0.3 is 0 Å². The molecule has 1 N–H and O–H groups in total. The van der Waals surface area contributed by atoms with Crippen molar-refractivity contribution >= 4 is 20.9 Å². The molecular weight excluding hydrogens is 320 g/mol. The van der Waals surface area contributed by atoms with E-state index in [1.165, 1.54) is 16.6 Å². The van der Waals surface area contributed by atoms with Gasteiger partial charge in [-0.05, 0) is 30.2 Å². The first-order valence-electron chi connectivity index (χ1n) is 8.22. The predicted octanol–water partition coefficient (Wildman–Crippen LogP) is 3.52. The minimum atomic E-state index is -3.45. The lowest BCUT2D eigenvalue weighted by Crippen LogP contribution is -2.34. The lowest BCUT2D eigenvalue weighted by molar-refractivity contribution is 0.404. The highest BCUT2D eigenvalue weighted by Crippen LogP contribution is 2.32. The Kier molecular flexibility index (Phi) is 3.70. The maximum atomic E-state index is 12.9. The molecule has 5 heteroatoms. The molecule has 1 aliphatic heterocycles. The highest BCUT2D eigenvalue weighted by Gasteiger charge is 2.30. The van der Waals surface area contributed by atoms with Crippen LogP contribution in [-0.2, 0) is 16.4 Å². The summed E-state index contributed by atoms with van der Waals surface area (Å²) in [7, 11) is -3.45. The second kappa shape index (κ2) is 5.76. The quantitative estimate of drug-likeness (QED) is 0.776. The van der Waals surface area contributed by atoms with Crippen LogP contribution < -0.4 is 0 Å². The van der Waals surface area contributed by atoms with Crippen LogP contribution in [0.1, 0.15) is 24.1 Å². The van der Waals surface area contributed by atoms with Crippen LogP contribution in [0, 0.1) is 0 Å². The summed E-state index contributed by atoms with van der Waals surface area (Å²) in [4.78, 5) is 3.86. The van der Waals surface area contributed by atoms with Crippen molar-refractivity contribution in [2.45, 2.75) is 24.2 Å². The average Bonchev–Trinajstić information content (AvgIpc) is 2.89. The summed E-state index contributed by atoms with van der Waals surface area (Å²) < 4.78 is 27.5. The van der Waals surface area contributed by atoms with Crippen LogP contribution >= 0.6 is 0 Å². The van der Waals surface area contributed by atoms with Gasteiger partial charge in [0, 0.05) is 35.6 Å². The fourth-order valence-electron chi connectivity index (χ4n) is 3.60. The van der Waals surface area contributed by atoms with E-state index < -0.39 is 10.0 Å². The Balaban J connectivity index is 1.72. The molecule has 0 fully saturated rings. The Bertz CT molecular complexity index is 977. The van der Waals surface area contributed by atoms with Crippen LogP contribution in [-0.4, -0.2) is 30.8 Å². The van der Waals surface area contributed by atoms with Crippen LogP contribution in [0.3, 0.4) is 0 Å². The summed E-state index contributed by atoms with van der Waals surface area (Å²) in [6.07, 6.45) is 0.732. The molecule has 1 unspecified atom stereocenters. The summed E-state index contributed by atoms with van der Waals surface area (Å²) >= 11 is 0. The van der Waals surface area contributed by atoms with E-state index >= 15 is 0 Å². The SMILES string of the molecule is CC1CN(S(=O)(=O)c2ccccc2)CCc2c1[nH]c1ccccc21. The molecule has 0 radical (unpaired) electrons. The summed E-state index contributed by atoms with van der Waals surface area (Å²) in [6, 6.07) is 16.9. The van der Waals surface area contributed by atoms with Crippen LogP contribution in [0.15, 0.2) is 59.5 Å². The van der Waals surface area contributed by atoms with Crippen molar-refractivity contribution in [1.29, 1.82) is 0 Å². The van der Waals surface area contributed by atoms with Gasteiger partial charge in [-0.15, -0.1) is 0 Å². The van der Waals surface area contributed by atoms with Crippen molar-refractivity contribution in [2.75, 3.05) is 13.1 Å². The summed E-state index contributed by atoms with van der Waals surface area (Å²) in [6.45, 7) is 3.10.